The molecule has 0 unspecified atom stereocenters. The number of halogens is 4. The van der Waals surface area contributed by atoms with Crippen LogP contribution in [0.25, 0.3) is 0 Å². The summed E-state index contributed by atoms with van der Waals surface area (Å²) < 4.78 is 50.6. The Morgan fingerprint density at radius 1 is 1.18 bits per heavy atom. The highest BCUT2D eigenvalue weighted by molar-refractivity contribution is 6.30. The number of nitrogens with zero attached hydrogens (tertiary/aromatic N) is 1. The Morgan fingerprint density at radius 3 is 2.61 bits per heavy atom. The molecule has 4 atom stereocenters. The number of aliphatic hydroxyl groups excluding tert-OH is 1. The van der Waals surface area contributed by atoms with E-state index in [0.717, 1.165) is 12.1 Å². The van der Waals surface area contributed by atoms with Crippen molar-refractivity contribution in [3.05, 3.63) is 58.9 Å². The molecule has 2 aromatic rings. The van der Waals surface area contributed by atoms with Crippen LogP contribution in [0.15, 0.2) is 36.7 Å². The van der Waals surface area contributed by atoms with Gasteiger partial charge in [-0.05, 0) is 74.6 Å². The lowest BCUT2D eigenvalue weighted by Gasteiger charge is -2.37. The van der Waals surface area contributed by atoms with Gasteiger partial charge in [-0.3, -0.25) is 14.6 Å². The summed E-state index contributed by atoms with van der Waals surface area (Å²) in [5, 5.41) is 15.7. The van der Waals surface area contributed by atoms with E-state index in [1.165, 1.54) is 6.20 Å². The number of aromatic nitrogens is 1. The Morgan fingerprint density at radius 2 is 1.95 bits per heavy atom. The third kappa shape index (κ3) is 5.20. The summed E-state index contributed by atoms with van der Waals surface area (Å²) in [5.74, 6) is -3.14. The summed E-state index contributed by atoms with van der Waals surface area (Å²) in [6.45, 7) is -0.297. The number of benzene rings is 1. The van der Waals surface area contributed by atoms with E-state index in [1.54, 1.807) is 18.3 Å². The van der Waals surface area contributed by atoms with Crippen LogP contribution < -0.4 is 15.4 Å². The zero-order valence-electron chi connectivity index (χ0n) is 20.6. The van der Waals surface area contributed by atoms with Crippen molar-refractivity contribution in [2.24, 2.45) is 11.3 Å². The number of nitrogens with one attached hydrogen (secondary N) is 2. The van der Waals surface area contributed by atoms with E-state index in [2.05, 4.69) is 15.6 Å². The standard InChI is InChI=1S/C27H29ClF3N3O4/c28-17-3-4-18(29)22(23(17)30)24(26-5-7-27(31,14-26)8-6-26)34-25(37)15-10-19(20(35)11-15)33-21(36)13-38-16-2-1-9-32-12-16/h1-4,9,12,15,19-20,24,35H,5-8,10-11,13-14H2,(H,33,36)(H,34,37)/t15-,19-,20+,24+,26?,27?/m0/s1. The van der Waals surface area contributed by atoms with E-state index in [9.17, 15) is 19.1 Å². The molecule has 0 spiro atoms. The lowest BCUT2D eigenvalue weighted by molar-refractivity contribution is -0.127. The molecule has 1 aromatic carbocycles. The Hall–Kier alpha value is -2.85. The molecule has 3 aliphatic carbocycles. The highest BCUT2D eigenvalue weighted by Crippen LogP contribution is 2.63. The first-order valence-electron chi connectivity index (χ1n) is 12.7. The zero-order chi connectivity index (χ0) is 27.1. The van der Waals surface area contributed by atoms with E-state index < -0.39 is 58.6 Å². The molecule has 0 aliphatic heterocycles. The highest BCUT2D eigenvalue weighted by Gasteiger charge is 2.59. The van der Waals surface area contributed by atoms with Gasteiger partial charge in [0.1, 0.15) is 23.1 Å². The summed E-state index contributed by atoms with van der Waals surface area (Å²) in [6.07, 6.45) is 3.58. The summed E-state index contributed by atoms with van der Waals surface area (Å²) >= 11 is 5.96. The van der Waals surface area contributed by atoms with Crippen LogP contribution in [0.5, 0.6) is 5.75 Å². The molecule has 2 amide bonds. The second-order valence-corrected chi connectivity index (χ2v) is 11.2. The number of hydrogen-bond acceptors (Lipinski definition) is 5. The minimum absolute atomic E-state index is 0.0491. The topological polar surface area (TPSA) is 101 Å². The largest absolute Gasteiger partial charge is 0.482 e. The fourth-order valence-corrected chi connectivity index (χ4v) is 6.55. The predicted octanol–water partition coefficient (Wildman–Crippen LogP) is 4.18. The number of carbonyl (C=O) groups is 2. The first-order valence-corrected chi connectivity index (χ1v) is 13.1. The number of ether oxygens (including phenoxy) is 1. The SMILES string of the molecule is O=C(COc1cccnc1)N[C@H]1C[C@H](C(=O)N[C@H](c2c(F)ccc(Cl)c2F)C23CCC(F)(CC2)C3)C[C@H]1O. The molecule has 204 valence electrons. The molecule has 3 aliphatic rings. The van der Waals surface area contributed by atoms with Crippen molar-refractivity contribution in [3.8, 4) is 5.75 Å². The van der Waals surface area contributed by atoms with Gasteiger partial charge in [0.25, 0.3) is 5.91 Å². The molecule has 0 radical (unpaired) electrons. The van der Waals surface area contributed by atoms with Crippen LogP contribution in [0.4, 0.5) is 13.2 Å². The van der Waals surface area contributed by atoms with Crippen molar-refractivity contribution >= 4 is 23.4 Å². The average Bonchev–Trinajstić information content (AvgIpc) is 3.56. The van der Waals surface area contributed by atoms with Gasteiger partial charge in [0.15, 0.2) is 6.61 Å². The van der Waals surface area contributed by atoms with Crippen molar-refractivity contribution in [3.63, 3.8) is 0 Å². The molecule has 3 saturated carbocycles. The van der Waals surface area contributed by atoms with Crippen molar-refractivity contribution in [1.82, 2.24) is 15.6 Å². The van der Waals surface area contributed by atoms with Gasteiger partial charge in [-0.1, -0.05) is 11.6 Å². The normalized spacial score (nSPS) is 30.7. The van der Waals surface area contributed by atoms with Gasteiger partial charge >= 0.3 is 0 Å². The molecule has 3 fully saturated rings. The fraction of sp³-hybridized carbons (Fsp3) is 0.519. The minimum Gasteiger partial charge on any atom is -0.482 e. The van der Waals surface area contributed by atoms with Gasteiger partial charge in [0.2, 0.25) is 5.91 Å². The smallest absolute Gasteiger partial charge is 0.258 e. The second-order valence-electron chi connectivity index (χ2n) is 10.8. The number of hydrogen-bond donors (Lipinski definition) is 3. The van der Waals surface area contributed by atoms with E-state index in [0.29, 0.717) is 18.6 Å². The highest BCUT2D eigenvalue weighted by atomic mass is 35.5. The summed E-state index contributed by atoms with van der Waals surface area (Å²) in [7, 11) is 0. The molecule has 11 heteroatoms. The summed E-state index contributed by atoms with van der Waals surface area (Å²) in [6, 6.07) is 3.63. The van der Waals surface area contributed by atoms with Crippen LogP contribution in [0, 0.1) is 23.0 Å². The van der Waals surface area contributed by atoms with E-state index >= 15 is 8.78 Å². The molecule has 38 heavy (non-hydrogen) atoms. The fourth-order valence-electron chi connectivity index (χ4n) is 6.38. The number of alkyl halides is 1. The number of carbonyl (C=O) groups excluding carboxylic acids is 2. The van der Waals surface area contributed by atoms with Crippen molar-refractivity contribution in [2.45, 2.75) is 68.8 Å². The molecule has 7 nitrogen and oxygen atoms in total. The minimum atomic E-state index is -1.41. The number of aliphatic hydroxyl groups is 1. The van der Waals surface area contributed by atoms with E-state index in [-0.39, 0.29) is 49.3 Å². The number of fused-ring (bicyclic) bond motifs is 2. The van der Waals surface area contributed by atoms with E-state index in [1.807, 2.05) is 0 Å². The van der Waals surface area contributed by atoms with Crippen LogP contribution >= 0.6 is 11.6 Å². The molecule has 1 heterocycles. The quantitative estimate of drug-likeness (QED) is 0.427. The van der Waals surface area contributed by atoms with Crippen molar-refractivity contribution in [2.75, 3.05) is 6.61 Å². The van der Waals surface area contributed by atoms with Gasteiger partial charge in [0, 0.05) is 17.7 Å². The predicted molar refractivity (Wildman–Crippen MR) is 132 cm³/mol. The third-order valence-corrected chi connectivity index (χ3v) is 8.62. The molecule has 2 bridgehead atoms. The Bertz CT molecular complexity index is 1210. The molecule has 3 N–H and O–H groups in total. The van der Waals surface area contributed by atoms with Crippen LogP contribution in [-0.2, 0) is 9.59 Å². The van der Waals surface area contributed by atoms with Gasteiger partial charge in [-0.25, -0.2) is 13.2 Å². The molecule has 0 saturated heterocycles. The molecular weight excluding hydrogens is 523 g/mol. The van der Waals surface area contributed by atoms with Crippen molar-refractivity contribution in [1.29, 1.82) is 0 Å². The van der Waals surface area contributed by atoms with Crippen LogP contribution in [0.3, 0.4) is 0 Å². The first kappa shape index (κ1) is 26.7. The van der Waals surface area contributed by atoms with Gasteiger partial charge in [-0.15, -0.1) is 0 Å². The first-order chi connectivity index (χ1) is 18.1. The Labute approximate surface area is 223 Å². The maximum absolute atomic E-state index is 15.2. The Balaban J connectivity index is 1.28. The molecule has 5 rings (SSSR count). The number of pyridine rings is 1. The van der Waals surface area contributed by atoms with Crippen LogP contribution in [0.2, 0.25) is 5.02 Å². The lowest BCUT2D eigenvalue weighted by Crippen LogP contribution is -2.43. The number of rotatable bonds is 8. The molecule has 1 aromatic heterocycles. The second kappa shape index (κ2) is 10.4. The third-order valence-electron chi connectivity index (χ3n) is 8.33. The zero-order valence-corrected chi connectivity index (χ0v) is 21.3. The van der Waals surface area contributed by atoms with Crippen LogP contribution in [-0.4, -0.2) is 46.3 Å². The van der Waals surface area contributed by atoms with Crippen LogP contribution in [0.1, 0.15) is 56.6 Å². The van der Waals surface area contributed by atoms with Crippen molar-refractivity contribution < 1.29 is 32.6 Å². The summed E-state index contributed by atoms with van der Waals surface area (Å²) in [4.78, 5) is 29.6. The Kier molecular flexibility index (Phi) is 7.30. The lowest BCUT2D eigenvalue weighted by atomic mass is 9.74. The van der Waals surface area contributed by atoms with Gasteiger partial charge < -0.3 is 20.5 Å². The molecular formula is C27H29ClF3N3O4. The average molecular weight is 552 g/mol. The van der Waals surface area contributed by atoms with Gasteiger partial charge in [-0.2, -0.15) is 0 Å². The van der Waals surface area contributed by atoms with E-state index in [4.69, 9.17) is 16.3 Å². The number of amides is 2. The monoisotopic (exact) mass is 551 g/mol. The summed E-state index contributed by atoms with van der Waals surface area (Å²) in [5.41, 5.74) is -2.62. The van der Waals surface area contributed by atoms with Gasteiger partial charge in [0.05, 0.1) is 29.4 Å². The maximum atomic E-state index is 15.2. The maximum Gasteiger partial charge on any atom is 0.258 e.